The van der Waals surface area contributed by atoms with Crippen molar-refractivity contribution in [1.82, 2.24) is 0 Å². The van der Waals surface area contributed by atoms with Crippen molar-refractivity contribution in [3.8, 4) is 0 Å². The molecule has 0 fully saturated rings. The average molecular weight is 154 g/mol. The van der Waals surface area contributed by atoms with Crippen LogP contribution in [0.3, 0.4) is 0 Å². The van der Waals surface area contributed by atoms with E-state index in [1.54, 1.807) is 0 Å². The molecule has 1 nitrogen and oxygen atoms in total. The van der Waals surface area contributed by atoms with Gasteiger partial charge in [0.05, 0.1) is 6.10 Å². The van der Waals surface area contributed by atoms with Crippen molar-refractivity contribution in [3.05, 3.63) is 12.2 Å². The molecule has 0 radical (unpaired) electrons. The fourth-order valence-electron chi connectivity index (χ4n) is 1.73. The van der Waals surface area contributed by atoms with Gasteiger partial charge in [-0.1, -0.05) is 32.9 Å². The number of aliphatic hydroxyl groups excluding tert-OH is 1. The summed E-state index contributed by atoms with van der Waals surface area (Å²) in [5, 5.41) is 9.66. The number of hydrogen-bond acceptors (Lipinski definition) is 1. The highest BCUT2D eigenvalue weighted by Gasteiger charge is 2.24. The van der Waals surface area contributed by atoms with Crippen molar-refractivity contribution in [2.75, 3.05) is 0 Å². The van der Waals surface area contributed by atoms with Gasteiger partial charge in [-0.3, -0.25) is 0 Å². The van der Waals surface area contributed by atoms with Gasteiger partial charge in [-0.15, -0.1) is 0 Å². The summed E-state index contributed by atoms with van der Waals surface area (Å²) in [4.78, 5) is 0. The van der Waals surface area contributed by atoms with Gasteiger partial charge in [0.15, 0.2) is 0 Å². The maximum atomic E-state index is 9.66. The van der Waals surface area contributed by atoms with E-state index in [1.807, 2.05) is 0 Å². The summed E-state index contributed by atoms with van der Waals surface area (Å²) in [6.45, 7) is 6.47. The molecule has 3 unspecified atom stereocenters. The molecular weight excluding hydrogens is 136 g/mol. The molecule has 0 aromatic rings. The molecule has 0 amide bonds. The van der Waals surface area contributed by atoms with Crippen molar-refractivity contribution in [2.45, 2.75) is 33.3 Å². The van der Waals surface area contributed by atoms with Crippen molar-refractivity contribution >= 4 is 0 Å². The second kappa shape index (κ2) is 3.40. The van der Waals surface area contributed by atoms with E-state index in [0.29, 0.717) is 17.8 Å². The van der Waals surface area contributed by atoms with Crippen LogP contribution in [0.2, 0.25) is 0 Å². The third-order valence-electron chi connectivity index (χ3n) is 2.49. The maximum Gasteiger partial charge on any atom is 0.0610 e. The molecule has 0 saturated carbocycles. The van der Waals surface area contributed by atoms with Gasteiger partial charge in [0.1, 0.15) is 0 Å². The van der Waals surface area contributed by atoms with Gasteiger partial charge in [-0.25, -0.2) is 0 Å². The molecule has 1 heteroatoms. The SMILES string of the molecule is CC1C=CC(C(C)C)C(O)C1. The summed E-state index contributed by atoms with van der Waals surface area (Å²) < 4.78 is 0. The van der Waals surface area contributed by atoms with Crippen LogP contribution in [0.1, 0.15) is 27.2 Å². The van der Waals surface area contributed by atoms with Crippen molar-refractivity contribution in [2.24, 2.45) is 17.8 Å². The number of aliphatic hydroxyl groups is 1. The number of hydrogen-bond donors (Lipinski definition) is 1. The summed E-state index contributed by atoms with van der Waals surface area (Å²) in [6.07, 6.45) is 5.20. The summed E-state index contributed by atoms with van der Waals surface area (Å²) in [6, 6.07) is 0. The second-order valence-corrected chi connectivity index (χ2v) is 3.99. The van der Waals surface area contributed by atoms with Crippen LogP contribution in [-0.2, 0) is 0 Å². The van der Waals surface area contributed by atoms with Crippen LogP contribution in [0.4, 0.5) is 0 Å². The first-order valence-corrected chi connectivity index (χ1v) is 4.47. The molecule has 1 aliphatic carbocycles. The molecule has 0 bridgehead atoms. The van der Waals surface area contributed by atoms with Crippen LogP contribution in [0, 0.1) is 17.8 Å². The Labute approximate surface area is 69.1 Å². The highest BCUT2D eigenvalue weighted by Crippen LogP contribution is 2.27. The lowest BCUT2D eigenvalue weighted by Crippen LogP contribution is -2.28. The lowest BCUT2D eigenvalue weighted by molar-refractivity contribution is 0.0823. The predicted molar refractivity (Wildman–Crippen MR) is 47.3 cm³/mol. The van der Waals surface area contributed by atoms with Crippen LogP contribution in [-0.4, -0.2) is 11.2 Å². The molecule has 3 atom stereocenters. The van der Waals surface area contributed by atoms with Crippen LogP contribution < -0.4 is 0 Å². The van der Waals surface area contributed by atoms with Crippen LogP contribution in [0.25, 0.3) is 0 Å². The van der Waals surface area contributed by atoms with E-state index in [9.17, 15) is 5.11 Å². The molecule has 0 aromatic carbocycles. The van der Waals surface area contributed by atoms with Crippen molar-refractivity contribution in [1.29, 1.82) is 0 Å². The third-order valence-corrected chi connectivity index (χ3v) is 2.49. The van der Waals surface area contributed by atoms with Gasteiger partial charge >= 0.3 is 0 Å². The molecule has 1 aliphatic rings. The highest BCUT2D eigenvalue weighted by atomic mass is 16.3. The highest BCUT2D eigenvalue weighted by molar-refractivity contribution is 5.01. The van der Waals surface area contributed by atoms with E-state index in [1.165, 1.54) is 0 Å². The predicted octanol–water partition coefficient (Wildman–Crippen LogP) is 2.22. The topological polar surface area (TPSA) is 20.2 Å². The van der Waals surface area contributed by atoms with Gasteiger partial charge in [0.25, 0.3) is 0 Å². The summed E-state index contributed by atoms with van der Waals surface area (Å²) in [5.74, 6) is 1.50. The summed E-state index contributed by atoms with van der Waals surface area (Å²) >= 11 is 0. The smallest absolute Gasteiger partial charge is 0.0610 e. The quantitative estimate of drug-likeness (QED) is 0.574. The minimum atomic E-state index is -0.116. The summed E-state index contributed by atoms with van der Waals surface area (Å²) in [5.41, 5.74) is 0. The standard InChI is InChI=1S/C10H18O/c1-7(2)9-5-4-8(3)6-10(9)11/h4-5,7-11H,6H2,1-3H3. The van der Waals surface area contributed by atoms with E-state index in [2.05, 4.69) is 32.9 Å². The molecule has 0 saturated heterocycles. The lowest BCUT2D eigenvalue weighted by atomic mass is 9.81. The van der Waals surface area contributed by atoms with Gasteiger partial charge < -0.3 is 5.11 Å². The number of rotatable bonds is 1. The monoisotopic (exact) mass is 154 g/mol. The number of allylic oxidation sites excluding steroid dienone is 1. The fraction of sp³-hybridized carbons (Fsp3) is 0.800. The lowest BCUT2D eigenvalue weighted by Gasteiger charge is -2.29. The fourth-order valence-corrected chi connectivity index (χ4v) is 1.73. The van der Waals surface area contributed by atoms with E-state index in [4.69, 9.17) is 0 Å². The molecule has 64 valence electrons. The van der Waals surface area contributed by atoms with E-state index in [-0.39, 0.29) is 6.10 Å². The second-order valence-electron chi connectivity index (χ2n) is 3.99. The van der Waals surface area contributed by atoms with Crippen molar-refractivity contribution in [3.63, 3.8) is 0 Å². The molecule has 1 N–H and O–H groups in total. The Bertz CT molecular complexity index is 149. The zero-order valence-electron chi connectivity index (χ0n) is 7.62. The van der Waals surface area contributed by atoms with Crippen LogP contribution in [0.15, 0.2) is 12.2 Å². The minimum absolute atomic E-state index is 0.116. The Kier molecular flexibility index (Phi) is 2.72. The molecule has 11 heavy (non-hydrogen) atoms. The first kappa shape index (κ1) is 8.79. The van der Waals surface area contributed by atoms with Gasteiger partial charge in [-0.2, -0.15) is 0 Å². The molecule has 0 aromatic heterocycles. The summed E-state index contributed by atoms with van der Waals surface area (Å²) in [7, 11) is 0. The minimum Gasteiger partial charge on any atom is -0.392 e. The largest absolute Gasteiger partial charge is 0.392 e. The van der Waals surface area contributed by atoms with Crippen LogP contribution >= 0.6 is 0 Å². The van der Waals surface area contributed by atoms with Crippen molar-refractivity contribution < 1.29 is 5.11 Å². The molecule has 0 aliphatic heterocycles. The first-order chi connectivity index (χ1) is 5.11. The maximum absolute atomic E-state index is 9.66. The Morgan fingerprint density at radius 3 is 2.45 bits per heavy atom. The molecule has 0 spiro atoms. The van der Waals surface area contributed by atoms with Crippen LogP contribution in [0.5, 0.6) is 0 Å². The van der Waals surface area contributed by atoms with E-state index < -0.39 is 0 Å². The Hall–Kier alpha value is -0.300. The van der Waals surface area contributed by atoms with Gasteiger partial charge in [-0.05, 0) is 18.3 Å². The molecule has 1 rings (SSSR count). The molecular formula is C10H18O. The van der Waals surface area contributed by atoms with E-state index in [0.717, 1.165) is 6.42 Å². The zero-order chi connectivity index (χ0) is 8.43. The average Bonchev–Trinajstić information content (AvgIpc) is 1.85. The van der Waals surface area contributed by atoms with E-state index >= 15 is 0 Å². The molecule has 0 heterocycles. The zero-order valence-corrected chi connectivity index (χ0v) is 7.62. The Morgan fingerprint density at radius 2 is 2.00 bits per heavy atom. The first-order valence-electron chi connectivity index (χ1n) is 4.47. The Balaban J connectivity index is 2.61. The van der Waals surface area contributed by atoms with Gasteiger partial charge in [0, 0.05) is 5.92 Å². The van der Waals surface area contributed by atoms with Gasteiger partial charge in [0.2, 0.25) is 0 Å². The Morgan fingerprint density at radius 1 is 1.36 bits per heavy atom. The third kappa shape index (κ3) is 2.06. The normalized spacial score (nSPS) is 38.1.